The van der Waals surface area contributed by atoms with E-state index in [1.165, 1.54) is 0 Å². The molecule has 0 heterocycles. The van der Waals surface area contributed by atoms with Gasteiger partial charge in [0.15, 0.2) is 0 Å². The summed E-state index contributed by atoms with van der Waals surface area (Å²) in [6, 6.07) is 4.38. The zero-order valence-corrected chi connectivity index (χ0v) is 8.16. The fourth-order valence-corrected chi connectivity index (χ4v) is 1.36. The highest BCUT2D eigenvalue weighted by Gasteiger charge is 2.14. The van der Waals surface area contributed by atoms with Gasteiger partial charge in [0.25, 0.3) is 0 Å². The van der Waals surface area contributed by atoms with E-state index in [4.69, 9.17) is 28.2 Å². The van der Waals surface area contributed by atoms with Crippen LogP contribution in [0, 0.1) is 0 Å². The molecule has 0 amide bonds. The molecule has 1 aromatic carbocycles. The minimum absolute atomic E-state index is 0.162. The van der Waals surface area contributed by atoms with Crippen LogP contribution < -0.4 is 11.5 Å². The van der Waals surface area contributed by atoms with Crippen LogP contribution in [-0.4, -0.2) is 11.1 Å². The van der Waals surface area contributed by atoms with Gasteiger partial charge in [0.05, 0.1) is 17.1 Å². The number of anilines is 1. The lowest BCUT2D eigenvalue weighted by Crippen LogP contribution is -2.16. The first-order valence-electron chi connectivity index (χ1n) is 4.03. The molecule has 5 heteroatoms. The third-order valence-corrected chi connectivity index (χ3v) is 2.21. The van der Waals surface area contributed by atoms with Gasteiger partial charge in [-0.1, -0.05) is 23.7 Å². The molecule has 0 saturated heterocycles. The zero-order valence-electron chi connectivity index (χ0n) is 7.40. The molecule has 0 spiro atoms. The molecule has 0 unspecified atom stereocenters. The Morgan fingerprint density at radius 2 is 2.21 bits per heavy atom. The highest BCUT2D eigenvalue weighted by Crippen LogP contribution is 2.27. The smallest absolute Gasteiger partial charge is 0.305 e. The molecule has 0 aliphatic rings. The summed E-state index contributed by atoms with van der Waals surface area (Å²) in [4.78, 5) is 10.4. The highest BCUT2D eigenvalue weighted by molar-refractivity contribution is 6.33. The monoisotopic (exact) mass is 214 g/mol. The number of hydrogen-bond donors (Lipinski definition) is 3. The molecular weight excluding hydrogens is 204 g/mol. The first kappa shape index (κ1) is 10.8. The van der Waals surface area contributed by atoms with Crippen molar-refractivity contribution in [2.75, 3.05) is 5.73 Å². The van der Waals surface area contributed by atoms with Crippen LogP contribution in [-0.2, 0) is 4.79 Å². The minimum Gasteiger partial charge on any atom is -0.481 e. The van der Waals surface area contributed by atoms with E-state index in [-0.39, 0.29) is 6.42 Å². The van der Waals surface area contributed by atoms with Crippen molar-refractivity contribution in [3.63, 3.8) is 0 Å². The molecule has 0 aromatic heterocycles. The number of nitrogens with two attached hydrogens (primary N) is 2. The lowest BCUT2D eigenvalue weighted by atomic mass is 10.0. The first-order chi connectivity index (χ1) is 6.52. The fourth-order valence-electron chi connectivity index (χ4n) is 1.18. The number of benzene rings is 1. The van der Waals surface area contributed by atoms with Gasteiger partial charge >= 0.3 is 5.97 Å². The number of carbonyl (C=O) groups is 1. The minimum atomic E-state index is -0.961. The maximum atomic E-state index is 10.4. The second kappa shape index (κ2) is 4.30. The Hall–Kier alpha value is -1.26. The second-order valence-electron chi connectivity index (χ2n) is 2.95. The molecule has 14 heavy (non-hydrogen) atoms. The third kappa shape index (κ3) is 2.37. The number of halogens is 1. The molecular formula is C9H11ClN2O2. The predicted molar refractivity (Wildman–Crippen MR) is 55.0 cm³/mol. The molecule has 0 bridgehead atoms. The molecule has 0 saturated carbocycles. The molecule has 1 rings (SSSR count). The summed E-state index contributed by atoms with van der Waals surface area (Å²) in [5, 5.41) is 8.94. The van der Waals surface area contributed by atoms with Crippen molar-refractivity contribution in [1.82, 2.24) is 0 Å². The van der Waals surface area contributed by atoms with E-state index in [2.05, 4.69) is 0 Å². The summed E-state index contributed by atoms with van der Waals surface area (Å²) in [6.07, 6.45) is -0.162. The van der Waals surface area contributed by atoms with E-state index >= 15 is 0 Å². The van der Waals surface area contributed by atoms with Gasteiger partial charge in [-0.2, -0.15) is 0 Å². The maximum absolute atomic E-state index is 10.4. The lowest BCUT2D eigenvalue weighted by Gasteiger charge is -2.12. The Labute approximate surface area is 86.5 Å². The van der Waals surface area contributed by atoms with Crippen molar-refractivity contribution in [3.8, 4) is 0 Å². The Morgan fingerprint density at radius 1 is 1.57 bits per heavy atom. The largest absolute Gasteiger partial charge is 0.481 e. The van der Waals surface area contributed by atoms with Gasteiger partial charge in [-0.25, -0.2) is 0 Å². The van der Waals surface area contributed by atoms with E-state index in [1.807, 2.05) is 0 Å². The van der Waals surface area contributed by atoms with E-state index in [0.29, 0.717) is 16.3 Å². The molecule has 0 fully saturated rings. The van der Waals surface area contributed by atoms with Crippen LogP contribution in [0.2, 0.25) is 5.02 Å². The summed E-state index contributed by atoms with van der Waals surface area (Å²) < 4.78 is 0. The third-order valence-electron chi connectivity index (χ3n) is 1.88. The van der Waals surface area contributed by atoms with Crippen molar-refractivity contribution in [2.45, 2.75) is 12.5 Å². The van der Waals surface area contributed by atoms with Gasteiger partial charge in [-0.15, -0.1) is 0 Å². The number of aliphatic carboxylic acids is 1. The van der Waals surface area contributed by atoms with Gasteiger partial charge in [0.1, 0.15) is 0 Å². The van der Waals surface area contributed by atoms with Crippen LogP contribution in [0.25, 0.3) is 0 Å². The van der Waals surface area contributed by atoms with Gasteiger partial charge in [-0.3, -0.25) is 4.79 Å². The van der Waals surface area contributed by atoms with Gasteiger partial charge < -0.3 is 16.6 Å². The molecule has 1 aromatic rings. The van der Waals surface area contributed by atoms with Crippen molar-refractivity contribution in [2.24, 2.45) is 5.73 Å². The SMILES string of the molecule is Nc1c(Cl)cccc1[C@@H](N)CC(=O)O. The summed E-state index contributed by atoms with van der Waals surface area (Å²) in [7, 11) is 0. The average molecular weight is 215 g/mol. The van der Waals surface area contributed by atoms with Crippen LogP contribution in [0.15, 0.2) is 18.2 Å². The summed E-state index contributed by atoms with van der Waals surface area (Å²) >= 11 is 5.77. The number of hydrogen-bond acceptors (Lipinski definition) is 3. The van der Waals surface area contributed by atoms with Crippen molar-refractivity contribution >= 4 is 23.3 Å². The number of para-hydroxylation sites is 1. The number of carboxylic acids is 1. The van der Waals surface area contributed by atoms with Crippen LogP contribution >= 0.6 is 11.6 Å². The summed E-state index contributed by atoms with van der Waals surface area (Å²) in [5.41, 5.74) is 12.2. The molecule has 5 N–H and O–H groups in total. The Balaban J connectivity index is 2.95. The number of rotatable bonds is 3. The van der Waals surface area contributed by atoms with Crippen LogP contribution in [0.5, 0.6) is 0 Å². The van der Waals surface area contributed by atoms with E-state index in [9.17, 15) is 4.79 Å². The molecule has 0 aliphatic carbocycles. The van der Waals surface area contributed by atoms with E-state index < -0.39 is 12.0 Å². The predicted octanol–water partition coefficient (Wildman–Crippen LogP) is 1.40. The van der Waals surface area contributed by atoms with Crippen LogP contribution in [0.4, 0.5) is 5.69 Å². The molecule has 0 aliphatic heterocycles. The van der Waals surface area contributed by atoms with Crippen LogP contribution in [0.1, 0.15) is 18.0 Å². The number of nitrogen functional groups attached to an aromatic ring is 1. The molecule has 76 valence electrons. The number of carboxylic acid groups (broad SMARTS) is 1. The normalized spacial score (nSPS) is 12.4. The molecule has 4 nitrogen and oxygen atoms in total. The van der Waals surface area contributed by atoms with Crippen molar-refractivity contribution in [1.29, 1.82) is 0 Å². The zero-order chi connectivity index (χ0) is 10.7. The quantitative estimate of drug-likeness (QED) is 0.664. The van der Waals surface area contributed by atoms with E-state index in [1.54, 1.807) is 18.2 Å². The Kier molecular flexibility index (Phi) is 3.33. The summed E-state index contributed by atoms with van der Waals surface area (Å²) in [6.45, 7) is 0. The topological polar surface area (TPSA) is 89.3 Å². The fraction of sp³-hybridized carbons (Fsp3) is 0.222. The maximum Gasteiger partial charge on any atom is 0.305 e. The summed E-state index contributed by atoms with van der Waals surface area (Å²) in [5.74, 6) is -0.961. The lowest BCUT2D eigenvalue weighted by molar-refractivity contribution is -0.137. The highest BCUT2D eigenvalue weighted by atomic mass is 35.5. The Morgan fingerprint density at radius 3 is 2.79 bits per heavy atom. The van der Waals surface area contributed by atoms with Gasteiger partial charge in [0, 0.05) is 6.04 Å². The average Bonchev–Trinajstić information content (AvgIpc) is 2.08. The van der Waals surface area contributed by atoms with Crippen molar-refractivity contribution in [3.05, 3.63) is 28.8 Å². The van der Waals surface area contributed by atoms with E-state index in [0.717, 1.165) is 0 Å². The van der Waals surface area contributed by atoms with Gasteiger partial charge in [-0.05, 0) is 11.6 Å². The second-order valence-corrected chi connectivity index (χ2v) is 3.35. The molecule has 0 radical (unpaired) electrons. The van der Waals surface area contributed by atoms with Crippen LogP contribution in [0.3, 0.4) is 0 Å². The first-order valence-corrected chi connectivity index (χ1v) is 4.41. The Bertz CT molecular complexity index is 355. The van der Waals surface area contributed by atoms with Crippen molar-refractivity contribution < 1.29 is 9.90 Å². The standard InChI is InChI=1S/C9H11ClN2O2/c10-6-3-1-2-5(9(6)12)7(11)4-8(13)14/h1-3,7H,4,11-12H2,(H,13,14)/t7-/m0/s1. The molecule has 1 atom stereocenters. The van der Waals surface area contributed by atoms with Gasteiger partial charge in [0.2, 0.25) is 0 Å².